The molecule has 0 bridgehead atoms. The Morgan fingerprint density at radius 3 is 3.06 bits per heavy atom. The molecule has 94 valence electrons. The van der Waals surface area contributed by atoms with Crippen molar-refractivity contribution in [3.8, 4) is 11.4 Å². The minimum Gasteiger partial charge on any atom is -0.495 e. The molecule has 0 saturated heterocycles. The van der Waals surface area contributed by atoms with Crippen LogP contribution in [0.1, 0.15) is 0 Å². The Balaban J connectivity index is 2.33. The molecule has 0 saturated carbocycles. The van der Waals surface area contributed by atoms with E-state index in [-0.39, 0.29) is 0 Å². The first-order valence-electron chi connectivity index (χ1n) is 5.48. The van der Waals surface area contributed by atoms with Gasteiger partial charge in [-0.3, -0.25) is 4.57 Å². The maximum absolute atomic E-state index is 6.11. The Morgan fingerprint density at radius 1 is 1.56 bits per heavy atom. The quantitative estimate of drug-likeness (QED) is 0.843. The first-order chi connectivity index (χ1) is 8.76. The monoisotopic (exact) mass is 263 g/mol. The molecule has 0 aliphatic rings. The van der Waals surface area contributed by atoms with Crippen LogP contribution in [0.3, 0.4) is 0 Å². The topological polar surface area (TPSA) is 39.1 Å². The Bertz CT molecular complexity index is 551. The van der Waals surface area contributed by atoms with Gasteiger partial charge in [-0.15, -0.1) is 6.58 Å². The number of anilines is 1. The van der Waals surface area contributed by atoms with Gasteiger partial charge in [0.25, 0.3) is 0 Å². The van der Waals surface area contributed by atoms with Crippen LogP contribution < -0.4 is 10.1 Å². The van der Waals surface area contributed by atoms with Gasteiger partial charge in [-0.2, -0.15) is 0 Å². The number of nitrogens with one attached hydrogen (secondary N) is 1. The summed E-state index contributed by atoms with van der Waals surface area (Å²) in [7, 11) is 1.59. The lowest BCUT2D eigenvalue weighted by atomic mass is 10.3. The fraction of sp³-hybridized carbons (Fsp3) is 0.154. The first kappa shape index (κ1) is 12.5. The molecule has 18 heavy (non-hydrogen) atoms. The standard InChI is InChI=1S/C13H14ClN3O/c1-3-6-15-13-16-7-8-17(13)10-4-5-12(18-2)11(14)9-10/h3-5,7-9H,1,6H2,2H3,(H,15,16). The van der Waals surface area contributed by atoms with Crippen molar-refractivity contribution >= 4 is 17.5 Å². The Labute approximate surface area is 111 Å². The Hall–Kier alpha value is -1.94. The van der Waals surface area contributed by atoms with Crippen molar-refractivity contribution in [2.75, 3.05) is 19.0 Å². The second-order valence-electron chi connectivity index (χ2n) is 3.61. The number of halogens is 1. The van der Waals surface area contributed by atoms with E-state index in [9.17, 15) is 0 Å². The molecular weight excluding hydrogens is 250 g/mol. The zero-order valence-electron chi connectivity index (χ0n) is 10.1. The number of nitrogens with zero attached hydrogens (tertiary/aromatic N) is 2. The van der Waals surface area contributed by atoms with Crippen LogP contribution in [0, 0.1) is 0 Å². The van der Waals surface area contributed by atoms with Crippen molar-refractivity contribution in [2.45, 2.75) is 0 Å². The fourth-order valence-electron chi connectivity index (χ4n) is 1.61. The molecule has 0 spiro atoms. The predicted molar refractivity (Wildman–Crippen MR) is 73.8 cm³/mol. The summed E-state index contributed by atoms with van der Waals surface area (Å²) >= 11 is 6.11. The van der Waals surface area contributed by atoms with Gasteiger partial charge >= 0.3 is 0 Å². The summed E-state index contributed by atoms with van der Waals surface area (Å²) in [5.41, 5.74) is 0.921. The first-order valence-corrected chi connectivity index (χ1v) is 5.86. The highest BCUT2D eigenvalue weighted by atomic mass is 35.5. The van der Waals surface area contributed by atoms with E-state index in [1.165, 1.54) is 0 Å². The average Bonchev–Trinajstić information content (AvgIpc) is 2.84. The Morgan fingerprint density at radius 2 is 2.39 bits per heavy atom. The van der Waals surface area contributed by atoms with E-state index in [1.54, 1.807) is 19.4 Å². The summed E-state index contributed by atoms with van der Waals surface area (Å²) in [6, 6.07) is 5.58. The summed E-state index contributed by atoms with van der Waals surface area (Å²) in [5, 5.41) is 3.72. The van der Waals surface area contributed by atoms with Gasteiger partial charge < -0.3 is 10.1 Å². The van der Waals surface area contributed by atoms with Crippen molar-refractivity contribution in [1.82, 2.24) is 9.55 Å². The number of rotatable bonds is 5. The molecule has 4 nitrogen and oxygen atoms in total. The zero-order valence-corrected chi connectivity index (χ0v) is 10.8. The number of hydrogen-bond donors (Lipinski definition) is 1. The van der Waals surface area contributed by atoms with Crippen molar-refractivity contribution in [3.63, 3.8) is 0 Å². The maximum atomic E-state index is 6.11. The highest BCUT2D eigenvalue weighted by Crippen LogP contribution is 2.27. The molecule has 5 heteroatoms. The van der Waals surface area contributed by atoms with Crippen molar-refractivity contribution < 1.29 is 4.74 Å². The molecule has 0 fully saturated rings. The van der Waals surface area contributed by atoms with Crippen LogP contribution in [0.2, 0.25) is 5.02 Å². The van der Waals surface area contributed by atoms with Crippen molar-refractivity contribution in [3.05, 3.63) is 48.3 Å². The van der Waals surface area contributed by atoms with Crippen LogP contribution in [0.5, 0.6) is 5.75 Å². The summed E-state index contributed by atoms with van der Waals surface area (Å²) < 4.78 is 7.04. The molecule has 0 aliphatic heterocycles. The third-order valence-electron chi connectivity index (χ3n) is 2.46. The number of ether oxygens (including phenoxy) is 1. The lowest BCUT2D eigenvalue weighted by Gasteiger charge is -2.10. The molecule has 1 N–H and O–H groups in total. The average molecular weight is 264 g/mol. The van der Waals surface area contributed by atoms with Gasteiger partial charge in [0.05, 0.1) is 17.8 Å². The van der Waals surface area contributed by atoms with Crippen molar-refractivity contribution in [1.29, 1.82) is 0 Å². The summed E-state index contributed by atoms with van der Waals surface area (Å²) in [6.45, 7) is 4.32. The van der Waals surface area contributed by atoms with Gasteiger partial charge in [0.2, 0.25) is 5.95 Å². The number of benzene rings is 1. The van der Waals surface area contributed by atoms with E-state index in [4.69, 9.17) is 16.3 Å². The van der Waals surface area contributed by atoms with Gasteiger partial charge in [0, 0.05) is 18.9 Å². The molecule has 1 aromatic carbocycles. The smallest absolute Gasteiger partial charge is 0.207 e. The Kier molecular flexibility index (Phi) is 3.89. The van der Waals surface area contributed by atoms with E-state index >= 15 is 0 Å². The van der Waals surface area contributed by atoms with E-state index in [0.717, 1.165) is 11.6 Å². The molecule has 2 aromatic rings. The highest BCUT2D eigenvalue weighted by molar-refractivity contribution is 6.32. The summed E-state index contributed by atoms with van der Waals surface area (Å²) in [6.07, 6.45) is 5.37. The third kappa shape index (κ3) is 2.49. The van der Waals surface area contributed by atoms with Gasteiger partial charge in [-0.1, -0.05) is 17.7 Å². The molecular formula is C13H14ClN3O. The molecule has 0 aliphatic carbocycles. The SMILES string of the molecule is C=CCNc1nccn1-c1ccc(OC)c(Cl)c1. The van der Waals surface area contributed by atoms with Gasteiger partial charge in [-0.05, 0) is 18.2 Å². The molecule has 0 amide bonds. The van der Waals surface area contributed by atoms with Crippen molar-refractivity contribution in [2.24, 2.45) is 0 Å². The van der Waals surface area contributed by atoms with E-state index in [2.05, 4.69) is 16.9 Å². The molecule has 0 unspecified atom stereocenters. The minimum atomic E-state index is 0.568. The second kappa shape index (κ2) is 5.60. The molecule has 1 heterocycles. The third-order valence-corrected chi connectivity index (χ3v) is 2.75. The van der Waals surface area contributed by atoms with Gasteiger partial charge in [0.1, 0.15) is 5.75 Å². The van der Waals surface area contributed by atoms with Crippen LogP contribution in [-0.4, -0.2) is 23.2 Å². The van der Waals surface area contributed by atoms with Crippen LogP contribution in [-0.2, 0) is 0 Å². The number of hydrogen-bond acceptors (Lipinski definition) is 3. The van der Waals surface area contributed by atoms with Crippen LogP contribution in [0.25, 0.3) is 5.69 Å². The summed E-state index contributed by atoms with van der Waals surface area (Å²) in [4.78, 5) is 4.23. The lowest BCUT2D eigenvalue weighted by molar-refractivity contribution is 0.415. The van der Waals surface area contributed by atoms with E-state index in [1.807, 2.05) is 29.0 Å². The predicted octanol–water partition coefficient (Wildman–Crippen LogP) is 3.13. The molecule has 0 radical (unpaired) electrons. The largest absolute Gasteiger partial charge is 0.495 e. The zero-order chi connectivity index (χ0) is 13.0. The number of imidazole rings is 1. The maximum Gasteiger partial charge on any atom is 0.207 e. The number of methoxy groups -OCH3 is 1. The molecule has 0 atom stereocenters. The van der Waals surface area contributed by atoms with E-state index < -0.39 is 0 Å². The fourth-order valence-corrected chi connectivity index (χ4v) is 1.86. The molecule has 2 rings (SSSR count). The minimum absolute atomic E-state index is 0.568. The van der Waals surface area contributed by atoms with Gasteiger partial charge in [-0.25, -0.2) is 4.98 Å². The van der Waals surface area contributed by atoms with Crippen LogP contribution in [0.4, 0.5) is 5.95 Å². The molecule has 1 aromatic heterocycles. The second-order valence-corrected chi connectivity index (χ2v) is 4.02. The summed E-state index contributed by atoms with van der Waals surface area (Å²) in [5.74, 6) is 1.40. The lowest BCUT2D eigenvalue weighted by Crippen LogP contribution is -2.05. The highest BCUT2D eigenvalue weighted by Gasteiger charge is 2.07. The van der Waals surface area contributed by atoms with Gasteiger partial charge in [0.15, 0.2) is 0 Å². The van der Waals surface area contributed by atoms with E-state index in [0.29, 0.717) is 17.3 Å². The normalized spacial score (nSPS) is 10.1. The van der Waals surface area contributed by atoms with Crippen LogP contribution >= 0.6 is 11.6 Å². The van der Waals surface area contributed by atoms with Crippen LogP contribution in [0.15, 0.2) is 43.2 Å². The number of aromatic nitrogens is 2.